The number of unbranched alkanes of at least 4 members (excludes halogenated alkanes) is 1. The van der Waals surface area contributed by atoms with Crippen molar-refractivity contribution in [2.24, 2.45) is 5.73 Å². The number of carbonyl (C=O) groups excluding carboxylic acids is 1. The molecule has 0 aromatic carbocycles. The molecule has 1 aromatic rings. The zero-order chi connectivity index (χ0) is 15.1. The van der Waals surface area contributed by atoms with Crippen molar-refractivity contribution in [3.05, 3.63) is 27.9 Å². The third-order valence-electron chi connectivity index (χ3n) is 2.47. The van der Waals surface area contributed by atoms with Crippen molar-refractivity contribution in [3.8, 4) is 0 Å². The summed E-state index contributed by atoms with van der Waals surface area (Å²) in [5.41, 5.74) is 4.00. The van der Waals surface area contributed by atoms with Gasteiger partial charge < -0.3 is 16.2 Å². The van der Waals surface area contributed by atoms with Crippen LogP contribution >= 0.6 is 0 Å². The van der Waals surface area contributed by atoms with E-state index >= 15 is 0 Å². The third-order valence-corrected chi connectivity index (χ3v) is 2.47. The number of pyridine rings is 1. The van der Waals surface area contributed by atoms with Crippen LogP contribution < -0.4 is 11.1 Å². The number of anilines is 1. The van der Waals surface area contributed by atoms with Gasteiger partial charge in [-0.15, -0.1) is 0 Å². The van der Waals surface area contributed by atoms with Crippen LogP contribution in [0, 0.1) is 10.1 Å². The Morgan fingerprint density at radius 3 is 2.70 bits per heavy atom. The first kappa shape index (κ1) is 15.3. The highest BCUT2D eigenvalue weighted by Gasteiger charge is 2.20. The van der Waals surface area contributed by atoms with Crippen LogP contribution in [-0.2, 0) is 4.79 Å². The summed E-state index contributed by atoms with van der Waals surface area (Å²) in [6.07, 6.45) is 2.41. The molecule has 9 nitrogen and oxygen atoms in total. The van der Waals surface area contributed by atoms with Gasteiger partial charge in [0.15, 0.2) is 0 Å². The number of primary amides is 1. The first-order chi connectivity index (χ1) is 9.41. The Bertz CT molecular complexity index is 532. The van der Waals surface area contributed by atoms with Crippen LogP contribution in [0.1, 0.15) is 29.6 Å². The van der Waals surface area contributed by atoms with Crippen molar-refractivity contribution in [2.75, 3.05) is 11.9 Å². The van der Waals surface area contributed by atoms with E-state index in [4.69, 9.17) is 10.8 Å². The molecule has 0 fully saturated rings. The Hall–Kier alpha value is -2.71. The van der Waals surface area contributed by atoms with Crippen LogP contribution in [0.25, 0.3) is 0 Å². The number of carbonyl (C=O) groups is 2. The third kappa shape index (κ3) is 4.52. The number of nitro groups is 1. The average Bonchev–Trinajstić information content (AvgIpc) is 2.37. The number of nitrogens with one attached hydrogen (secondary N) is 1. The number of amides is 1. The molecule has 0 spiro atoms. The minimum atomic E-state index is -1.39. The maximum Gasteiger partial charge on any atom is 0.342 e. The first-order valence-electron chi connectivity index (χ1n) is 5.81. The Labute approximate surface area is 114 Å². The normalized spacial score (nSPS) is 10.0. The lowest BCUT2D eigenvalue weighted by Gasteiger charge is -2.06. The number of aromatic nitrogens is 1. The first-order valence-corrected chi connectivity index (χ1v) is 5.81. The fraction of sp³-hybridized carbons (Fsp3) is 0.364. The fourth-order valence-corrected chi connectivity index (χ4v) is 1.50. The van der Waals surface area contributed by atoms with Crippen molar-refractivity contribution in [1.82, 2.24) is 4.98 Å². The predicted molar refractivity (Wildman–Crippen MR) is 69.4 cm³/mol. The summed E-state index contributed by atoms with van der Waals surface area (Å²) in [4.78, 5) is 35.0. The van der Waals surface area contributed by atoms with E-state index in [1.54, 1.807) is 0 Å². The molecule has 0 saturated heterocycles. The SMILES string of the molecule is NC(=O)CCCCNc1cc(C(=O)O)c([N+](=O)[O-])cn1. The number of hydrogen-bond acceptors (Lipinski definition) is 6. The van der Waals surface area contributed by atoms with Gasteiger partial charge in [0.1, 0.15) is 17.6 Å². The van der Waals surface area contributed by atoms with Crippen LogP contribution in [0.15, 0.2) is 12.3 Å². The van der Waals surface area contributed by atoms with E-state index in [-0.39, 0.29) is 18.1 Å². The van der Waals surface area contributed by atoms with Crippen molar-refractivity contribution < 1.29 is 19.6 Å². The molecule has 0 atom stereocenters. The zero-order valence-corrected chi connectivity index (χ0v) is 10.5. The molecule has 0 saturated carbocycles. The number of rotatable bonds is 8. The van der Waals surface area contributed by atoms with Crippen LogP contribution in [0.3, 0.4) is 0 Å². The van der Waals surface area contributed by atoms with Gasteiger partial charge in [-0.25, -0.2) is 9.78 Å². The van der Waals surface area contributed by atoms with Crippen molar-refractivity contribution in [3.63, 3.8) is 0 Å². The Kier molecular flexibility index (Phi) is 5.39. The van der Waals surface area contributed by atoms with Gasteiger partial charge >= 0.3 is 11.7 Å². The van der Waals surface area contributed by atoms with Gasteiger partial charge in [-0.3, -0.25) is 14.9 Å². The topological polar surface area (TPSA) is 148 Å². The molecule has 108 valence electrons. The number of nitrogens with two attached hydrogens (primary N) is 1. The molecule has 0 unspecified atom stereocenters. The highest BCUT2D eigenvalue weighted by molar-refractivity contribution is 5.93. The summed E-state index contributed by atoms with van der Waals surface area (Å²) >= 11 is 0. The van der Waals surface area contributed by atoms with E-state index < -0.39 is 22.1 Å². The smallest absolute Gasteiger partial charge is 0.342 e. The second-order valence-corrected chi connectivity index (χ2v) is 4.00. The number of carboxylic acid groups (broad SMARTS) is 1. The van der Waals surface area contributed by atoms with Gasteiger partial charge in [-0.05, 0) is 12.8 Å². The summed E-state index contributed by atoms with van der Waals surface area (Å²) in [6, 6.07) is 1.11. The minimum Gasteiger partial charge on any atom is -0.477 e. The average molecular weight is 282 g/mol. The molecule has 1 aromatic heterocycles. The molecule has 0 aliphatic rings. The monoisotopic (exact) mass is 282 g/mol. The standard InChI is InChI=1S/C11H14N4O5/c12-9(16)3-1-2-4-13-10-5-7(11(17)18)8(6-14-10)15(19)20/h5-6H,1-4H2,(H2,12,16)(H,13,14)(H,17,18). The molecule has 0 aliphatic heterocycles. The fourth-order valence-electron chi connectivity index (χ4n) is 1.50. The number of hydrogen-bond donors (Lipinski definition) is 3. The second kappa shape index (κ2) is 7.02. The van der Waals surface area contributed by atoms with E-state index in [0.29, 0.717) is 19.4 Å². The van der Waals surface area contributed by atoms with E-state index in [1.165, 1.54) is 0 Å². The van der Waals surface area contributed by atoms with Crippen LogP contribution in [0.5, 0.6) is 0 Å². The highest BCUT2D eigenvalue weighted by Crippen LogP contribution is 2.20. The van der Waals surface area contributed by atoms with Gasteiger partial charge in [-0.1, -0.05) is 0 Å². The van der Waals surface area contributed by atoms with Gasteiger partial charge in [0.2, 0.25) is 5.91 Å². The Morgan fingerprint density at radius 1 is 1.45 bits per heavy atom. The van der Waals surface area contributed by atoms with Crippen molar-refractivity contribution in [2.45, 2.75) is 19.3 Å². The van der Waals surface area contributed by atoms with Crippen LogP contribution in [0.2, 0.25) is 0 Å². The molecular formula is C11H14N4O5. The lowest BCUT2D eigenvalue weighted by Crippen LogP contribution is -2.11. The van der Waals surface area contributed by atoms with Crippen LogP contribution in [-0.4, -0.2) is 33.4 Å². The second-order valence-electron chi connectivity index (χ2n) is 4.00. The predicted octanol–water partition coefficient (Wildman–Crippen LogP) is 0.755. The quantitative estimate of drug-likeness (QED) is 0.362. The van der Waals surface area contributed by atoms with E-state index in [9.17, 15) is 19.7 Å². The zero-order valence-electron chi connectivity index (χ0n) is 10.5. The number of carboxylic acids is 1. The van der Waals surface area contributed by atoms with Gasteiger partial charge in [0.05, 0.1) is 4.92 Å². The Balaban J connectivity index is 2.64. The van der Waals surface area contributed by atoms with E-state index in [1.807, 2.05) is 0 Å². The Morgan fingerprint density at radius 2 is 2.15 bits per heavy atom. The van der Waals surface area contributed by atoms with Gasteiger partial charge in [0, 0.05) is 19.0 Å². The molecule has 0 radical (unpaired) electrons. The lowest BCUT2D eigenvalue weighted by molar-refractivity contribution is -0.385. The molecule has 20 heavy (non-hydrogen) atoms. The summed E-state index contributed by atoms with van der Waals surface area (Å²) in [5, 5.41) is 22.4. The van der Waals surface area contributed by atoms with Crippen molar-refractivity contribution in [1.29, 1.82) is 0 Å². The molecule has 1 heterocycles. The summed E-state index contributed by atoms with van der Waals surface area (Å²) < 4.78 is 0. The molecule has 1 amide bonds. The van der Waals surface area contributed by atoms with Crippen molar-refractivity contribution >= 4 is 23.4 Å². The molecule has 0 bridgehead atoms. The van der Waals surface area contributed by atoms with Gasteiger partial charge in [0.25, 0.3) is 0 Å². The van der Waals surface area contributed by atoms with E-state index in [2.05, 4.69) is 10.3 Å². The maximum absolute atomic E-state index is 10.9. The summed E-state index contributed by atoms with van der Waals surface area (Å²) in [6.45, 7) is 0.456. The van der Waals surface area contributed by atoms with Gasteiger partial charge in [-0.2, -0.15) is 0 Å². The number of nitrogens with zero attached hydrogens (tertiary/aromatic N) is 2. The molecule has 9 heteroatoms. The number of aromatic carboxylic acids is 1. The molecule has 4 N–H and O–H groups in total. The molecule has 1 rings (SSSR count). The molecular weight excluding hydrogens is 268 g/mol. The molecule has 0 aliphatic carbocycles. The van der Waals surface area contributed by atoms with Crippen LogP contribution in [0.4, 0.5) is 11.5 Å². The maximum atomic E-state index is 10.9. The highest BCUT2D eigenvalue weighted by atomic mass is 16.6. The largest absolute Gasteiger partial charge is 0.477 e. The lowest BCUT2D eigenvalue weighted by atomic mass is 10.2. The minimum absolute atomic E-state index is 0.229. The van der Waals surface area contributed by atoms with E-state index in [0.717, 1.165) is 12.3 Å². The summed E-state index contributed by atoms with van der Waals surface area (Å²) in [5.74, 6) is -1.55. The summed E-state index contributed by atoms with van der Waals surface area (Å²) in [7, 11) is 0.